The lowest BCUT2D eigenvalue weighted by atomic mass is 9.62. The predicted molar refractivity (Wildman–Crippen MR) is 125 cm³/mol. The Labute approximate surface area is 186 Å². The minimum absolute atomic E-state index is 0.438. The molecule has 162 valence electrons. The van der Waals surface area contributed by atoms with Gasteiger partial charge in [-0.15, -0.1) is 0 Å². The molecular formula is C26H26FN5. The molecule has 3 heterocycles. The van der Waals surface area contributed by atoms with Crippen LogP contribution >= 0.6 is 0 Å². The highest BCUT2D eigenvalue weighted by Crippen LogP contribution is 2.46. The van der Waals surface area contributed by atoms with Crippen molar-refractivity contribution in [3.63, 3.8) is 0 Å². The van der Waals surface area contributed by atoms with Crippen LogP contribution in [0, 0.1) is 23.7 Å². The molecule has 0 unspecified atom stereocenters. The van der Waals surface area contributed by atoms with Crippen molar-refractivity contribution in [2.24, 2.45) is 17.8 Å². The number of rotatable bonds is 4. The van der Waals surface area contributed by atoms with Crippen LogP contribution in [0.3, 0.4) is 0 Å². The van der Waals surface area contributed by atoms with Crippen molar-refractivity contribution in [1.29, 1.82) is 0 Å². The molecule has 2 atom stereocenters. The molecule has 0 amide bonds. The number of aromatic amines is 1. The lowest BCUT2D eigenvalue weighted by Crippen LogP contribution is -2.47. The lowest BCUT2D eigenvalue weighted by Gasteiger charge is -2.47. The smallest absolute Gasteiger partial charge is 0.214 e. The van der Waals surface area contributed by atoms with E-state index in [1.165, 1.54) is 31.7 Å². The van der Waals surface area contributed by atoms with Gasteiger partial charge in [0.15, 0.2) is 5.82 Å². The number of nitrogens with zero attached hydrogens (tertiary/aromatic N) is 3. The van der Waals surface area contributed by atoms with Gasteiger partial charge >= 0.3 is 0 Å². The highest BCUT2D eigenvalue weighted by Gasteiger charge is 2.41. The Balaban J connectivity index is 1.44. The Morgan fingerprint density at radius 2 is 1.72 bits per heavy atom. The quantitative estimate of drug-likeness (QED) is 0.388. The zero-order valence-corrected chi connectivity index (χ0v) is 18.1. The van der Waals surface area contributed by atoms with Gasteiger partial charge in [0.25, 0.3) is 0 Å². The molecule has 7 rings (SSSR count). The molecule has 3 fully saturated rings. The summed E-state index contributed by atoms with van der Waals surface area (Å²) in [5, 5.41) is 4.61. The largest absolute Gasteiger partial charge is 0.367 e. The lowest BCUT2D eigenvalue weighted by molar-refractivity contribution is 0.0928. The van der Waals surface area contributed by atoms with Crippen molar-refractivity contribution in [3.05, 3.63) is 60.7 Å². The Hall–Kier alpha value is -3.28. The zero-order chi connectivity index (χ0) is 21.7. The molecule has 0 saturated heterocycles. The maximum atomic E-state index is 13.6. The first kappa shape index (κ1) is 19.4. The molecule has 0 spiro atoms. The zero-order valence-electron chi connectivity index (χ0n) is 18.1. The van der Waals surface area contributed by atoms with Crippen LogP contribution in [-0.2, 0) is 0 Å². The van der Waals surface area contributed by atoms with Crippen molar-refractivity contribution in [1.82, 2.24) is 19.9 Å². The van der Waals surface area contributed by atoms with E-state index in [-0.39, 0.29) is 0 Å². The topological polar surface area (TPSA) is 66.5 Å². The van der Waals surface area contributed by atoms with Gasteiger partial charge in [0, 0.05) is 34.8 Å². The van der Waals surface area contributed by atoms with Gasteiger partial charge in [0.05, 0.1) is 5.69 Å². The summed E-state index contributed by atoms with van der Waals surface area (Å²) in [6, 6.07) is 15.8. The van der Waals surface area contributed by atoms with Crippen molar-refractivity contribution in [2.45, 2.75) is 38.6 Å². The van der Waals surface area contributed by atoms with E-state index in [1.807, 2.05) is 24.4 Å². The number of fused-ring (bicyclic) bond motifs is 4. The first-order chi connectivity index (χ1) is 15.7. The van der Waals surface area contributed by atoms with Crippen LogP contribution in [0.25, 0.3) is 33.7 Å². The average Bonchev–Trinajstić information content (AvgIpc) is 3.25. The van der Waals surface area contributed by atoms with E-state index >= 15 is 0 Å². The van der Waals surface area contributed by atoms with Crippen molar-refractivity contribution in [3.8, 4) is 22.6 Å². The summed E-state index contributed by atoms with van der Waals surface area (Å²) in [7, 11) is 0. The molecular weight excluding hydrogens is 401 g/mol. The minimum Gasteiger partial charge on any atom is -0.367 e. The number of hydrogen-bond donors (Lipinski definition) is 2. The number of anilines is 1. The standard InChI is InChI=1S/C26H26FN5/c1-15-16-7-9-18(10-8-16)24(15)31-23-13-21(17-5-3-2-4-6-17)29-26(32-23)20-14-28-25-19(20)11-12-22(27)30-25/h2-6,11-16,18,24H,7-10H2,1H3,(H,28,30)(H,29,31,32)/t15-,16?,18?,24+/m0/s1. The van der Waals surface area contributed by atoms with Crippen molar-refractivity contribution >= 4 is 16.9 Å². The molecule has 0 aliphatic heterocycles. The Morgan fingerprint density at radius 1 is 0.938 bits per heavy atom. The summed E-state index contributed by atoms with van der Waals surface area (Å²) >= 11 is 0. The van der Waals surface area contributed by atoms with Gasteiger partial charge in [-0.05, 0) is 55.6 Å². The normalized spacial score (nSPS) is 24.7. The van der Waals surface area contributed by atoms with E-state index in [0.29, 0.717) is 29.3 Å². The van der Waals surface area contributed by atoms with E-state index in [0.717, 1.165) is 33.9 Å². The third-order valence-electron chi connectivity index (χ3n) is 7.49. The highest BCUT2D eigenvalue weighted by atomic mass is 19.1. The van der Waals surface area contributed by atoms with E-state index in [1.54, 1.807) is 6.07 Å². The number of pyridine rings is 1. The van der Waals surface area contributed by atoms with E-state index in [2.05, 4.69) is 40.4 Å². The van der Waals surface area contributed by atoms with Gasteiger partial charge in [-0.1, -0.05) is 37.3 Å². The summed E-state index contributed by atoms with van der Waals surface area (Å²) in [5.41, 5.74) is 3.24. The van der Waals surface area contributed by atoms with Crippen molar-refractivity contribution < 1.29 is 4.39 Å². The average molecular weight is 428 g/mol. The summed E-state index contributed by atoms with van der Waals surface area (Å²) in [6.45, 7) is 2.38. The molecule has 5 nitrogen and oxygen atoms in total. The SMILES string of the molecule is C[C@H]1C2CCC(CC2)[C@@H]1Nc1cc(-c2ccccc2)nc(-c2c[nH]c3nc(F)ccc23)n1. The van der Waals surface area contributed by atoms with Crippen molar-refractivity contribution in [2.75, 3.05) is 5.32 Å². The molecule has 3 aromatic heterocycles. The Morgan fingerprint density at radius 3 is 2.50 bits per heavy atom. The second-order valence-corrected chi connectivity index (χ2v) is 9.26. The van der Waals surface area contributed by atoms with Gasteiger partial charge in [-0.25, -0.2) is 15.0 Å². The van der Waals surface area contributed by atoms with Crippen LogP contribution in [0.4, 0.5) is 10.2 Å². The molecule has 3 saturated carbocycles. The molecule has 1 aromatic carbocycles. The van der Waals surface area contributed by atoms with Crippen LogP contribution in [0.1, 0.15) is 32.6 Å². The van der Waals surface area contributed by atoms with Gasteiger partial charge in [-0.2, -0.15) is 4.39 Å². The predicted octanol–water partition coefficient (Wildman–Crippen LogP) is 6.06. The maximum absolute atomic E-state index is 13.6. The third kappa shape index (κ3) is 3.34. The molecule has 3 aliphatic rings. The van der Waals surface area contributed by atoms with Crippen LogP contribution in [0.5, 0.6) is 0 Å². The third-order valence-corrected chi connectivity index (χ3v) is 7.49. The molecule has 2 N–H and O–H groups in total. The van der Waals surface area contributed by atoms with E-state index < -0.39 is 5.95 Å². The Kier molecular flexibility index (Phi) is 4.67. The fraction of sp³-hybridized carbons (Fsp3) is 0.346. The molecule has 32 heavy (non-hydrogen) atoms. The fourth-order valence-corrected chi connectivity index (χ4v) is 5.74. The second-order valence-electron chi connectivity index (χ2n) is 9.26. The number of aromatic nitrogens is 4. The first-order valence-corrected chi connectivity index (χ1v) is 11.5. The second kappa shape index (κ2) is 7.69. The molecule has 6 heteroatoms. The highest BCUT2D eigenvalue weighted by molar-refractivity contribution is 5.92. The number of benzene rings is 1. The molecule has 4 aromatic rings. The number of H-pyrrole nitrogens is 1. The monoisotopic (exact) mass is 427 g/mol. The fourth-order valence-electron chi connectivity index (χ4n) is 5.74. The number of halogens is 1. The van der Waals surface area contributed by atoms with Crippen LogP contribution in [-0.4, -0.2) is 26.0 Å². The molecule has 2 bridgehead atoms. The van der Waals surface area contributed by atoms with E-state index in [9.17, 15) is 4.39 Å². The van der Waals surface area contributed by atoms with Gasteiger partial charge < -0.3 is 10.3 Å². The molecule has 0 radical (unpaired) electrons. The minimum atomic E-state index is -0.506. The number of hydrogen-bond acceptors (Lipinski definition) is 4. The summed E-state index contributed by atoms with van der Waals surface area (Å²) in [5.74, 6) is 3.11. The summed E-state index contributed by atoms with van der Waals surface area (Å²) in [4.78, 5) is 16.8. The van der Waals surface area contributed by atoms with Crippen LogP contribution < -0.4 is 5.32 Å². The van der Waals surface area contributed by atoms with Gasteiger partial charge in [-0.3, -0.25) is 0 Å². The van der Waals surface area contributed by atoms with E-state index in [4.69, 9.17) is 9.97 Å². The van der Waals surface area contributed by atoms with Gasteiger partial charge in [0.1, 0.15) is 11.5 Å². The maximum Gasteiger partial charge on any atom is 0.214 e. The first-order valence-electron chi connectivity index (χ1n) is 11.5. The summed E-state index contributed by atoms with van der Waals surface area (Å²) < 4.78 is 13.6. The summed E-state index contributed by atoms with van der Waals surface area (Å²) in [6.07, 6.45) is 7.13. The van der Waals surface area contributed by atoms with Crippen LogP contribution in [0.15, 0.2) is 54.7 Å². The van der Waals surface area contributed by atoms with Crippen LogP contribution in [0.2, 0.25) is 0 Å². The molecule has 3 aliphatic carbocycles. The number of nitrogens with one attached hydrogen (secondary N) is 2. The van der Waals surface area contributed by atoms with Gasteiger partial charge in [0.2, 0.25) is 5.95 Å². The Bertz CT molecular complexity index is 1260.